The molecule has 0 unspecified atom stereocenters. The van der Waals surface area contributed by atoms with Gasteiger partial charge in [-0.2, -0.15) is 0 Å². The summed E-state index contributed by atoms with van der Waals surface area (Å²) >= 11 is 0. The number of carbonyl (C=O) groups is 1. The number of ether oxygens (including phenoxy) is 2. The van der Waals surface area contributed by atoms with Crippen LogP contribution in [0.5, 0.6) is 11.5 Å². The Morgan fingerprint density at radius 2 is 2.15 bits per heavy atom. The molecule has 0 atom stereocenters. The molecule has 6 nitrogen and oxygen atoms in total. The number of phenols is 1. The lowest BCUT2D eigenvalue weighted by molar-refractivity contribution is 0.0467. The van der Waals surface area contributed by atoms with Crippen molar-refractivity contribution in [3.05, 3.63) is 40.8 Å². The second-order valence-electron chi connectivity index (χ2n) is 4.24. The van der Waals surface area contributed by atoms with Crippen molar-refractivity contribution in [3.63, 3.8) is 0 Å². The molecule has 0 aliphatic carbocycles. The third-order valence-electron chi connectivity index (χ3n) is 2.97. The van der Waals surface area contributed by atoms with Gasteiger partial charge in [0.05, 0.1) is 18.4 Å². The van der Waals surface area contributed by atoms with Crippen LogP contribution < -0.4 is 4.74 Å². The minimum atomic E-state index is -0.638. The highest BCUT2D eigenvalue weighted by Gasteiger charge is 2.18. The molecule has 1 N–H and O–H groups in total. The molecule has 20 heavy (non-hydrogen) atoms. The highest BCUT2D eigenvalue weighted by atomic mass is 16.5. The summed E-state index contributed by atoms with van der Waals surface area (Å²) in [7, 11) is 1.41. The van der Waals surface area contributed by atoms with E-state index in [0.29, 0.717) is 11.5 Å². The Morgan fingerprint density at radius 3 is 2.75 bits per heavy atom. The van der Waals surface area contributed by atoms with Gasteiger partial charge in [-0.05, 0) is 26.0 Å². The third kappa shape index (κ3) is 2.59. The number of benzene rings is 1. The van der Waals surface area contributed by atoms with Crippen molar-refractivity contribution in [1.82, 2.24) is 5.16 Å². The van der Waals surface area contributed by atoms with Crippen LogP contribution in [-0.4, -0.2) is 23.3 Å². The molecular formula is C14H15NO5. The first-order chi connectivity index (χ1) is 9.54. The number of aromatic nitrogens is 1. The maximum absolute atomic E-state index is 12.0. The van der Waals surface area contributed by atoms with Crippen LogP contribution in [-0.2, 0) is 11.3 Å². The lowest BCUT2D eigenvalue weighted by Crippen LogP contribution is -2.07. The second kappa shape index (κ2) is 5.64. The van der Waals surface area contributed by atoms with Crippen LogP contribution in [0.2, 0.25) is 0 Å². The van der Waals surface area contributed by atoms with E-state index in [-0.39, 0.29) is 23.7 Å². The van der Waals surface area contributed by atoms with Crippen molar-refractivity contribution in [1.29, 1.82) is 0 Å². The SMILES string of the molecule is COc1cccc(C(=O)OCc2c(C)noc2C)c1O. The van der Waals surface area contributed by atoms with Crippen LogP contribution in [0.3, 0.4) is 0 Å². The van der Waals surface area contributed by atoms with Gasteiger partial charge in [0, 0.05) is 0 Å². The summed E-state index contributed by atoms with van der Waals surface area (Å²) in [5, 5.41) is 13.6. The molecule has 0 aliphatic rings. The van der Waals surface area contributed by atoms with Crippen molar-refractivity contribution in [3.8, 4) is 11.5 Å². The van der Waals surface area contributed by atoms with Gasteiger partial charge in [-0.3, -0.25) is 0 Å². The minimum absolute atomic E-state index is 0.0383. The van der Waals surface area contributed by atoms with Gasteiger partial charge >= 0.3 is 5.97 Å². The van der Waals surface area contributed by atoms with Crippen molar-refractivity contribution in [2.45, 2.75) is 20.5 Å². The normalized spacial score (nSPS) is 10.3. The molecular weight excluding hydrogens is 262 g/mol. The molecule has 1 aromatic heterocycles. The topological polar surface area (TPSA) is 81.8 Å². The molecule has 106 valence electrons. The number of carbonyl (C=O) groups excluding carboxylic acids is 1. The molecule has 0 amide bonds. The van der Waals surface area contributed by atoms with Crippen molar-refractivity contribution < 1.29 is 23.9 Å². The molecule has 0 fully saturated rings. The summed E-state index contributed by atoms with van der Waals surface area (Å²) in [4.78, 5) is 12.0. The monoisotopic (exact) mass is 277 g/mol. The fourth-order valence-electron chi connectivity index (χ4n) is 1.78. The van der Waals surface area contributed by atoms with E-state index in [2.05, 4.69) is 5.16 Å². The highest BCUT2D eigenvalue weighted by Crippen LogP contribution is 2.30. The lowest BCUT2D eigenvalue weighted by atomic mass is 10.2. The lowest BCUT2D eigenvalue weighted by Gasteiger charge is -2.08. The van der Waals surface area contributed by atoms with Crippen LogP contribution in [0.4, 0.5) is 0 Å². The number of hydrogen-bond acceptors (Lipinski definition) is 6. The number of methoxy groups -OCH3 is 1. The number of hydrogen-bond donors (Lipinski definition) is 1. The molecule has 1 aromatic carbocycles. The molecule has 6 heteroatoms. The summed E-state index contributed by atoms with van der Waals surface area (Å²) in [5.41, 5.74) is 1.45. The zero-order valence-corrected chi connectivity index (χ0v) is 11.5. The zero-order valence-electron chi connectivity index (χ0n) is 11.5. The molecule has 0 saturated carbocycles. The molecule has 0 spiro atoms. The van der Waals surface area contributed by atoms with E-state index in [0.717, 1.165) is 5.56 Å². The quantitative estimate of drug-likeness (QED) is 0.864. The van der Waals surface area contributed by atoms with E-state index in [9.17, 15) is 9.90 Å². The fourth-order valence-corrected chi connectivity index (χ4v) is 1.78. The Hall–Kier alpha value is -2.50. The van der Waals surface area contributed by atoms with E-state index >= 15 is 0 Å². The summed E-state index contributed by atoms with van der Waals surface area (Å²) in [5.74, 6) is -0.0536. The maximum Gasteiger partial charge on any atom is 0.342 e. The Bertz CT molecular complexity index is 613. The molecule has 0 radical (unpaired) electrons. The number of aryl methyl sites for hydroxylation is 2. The van der Waals surface area contributed by atoms with Gasteiger partial charge in [0.25, 0.3) is 0 Å². The minimum Gasteiger partial charge on any atom is -0.504 e. The first kappa shape index (κ1) is 13.9. The predicted molar refractivity (Wildman–Crippen MR) is 69.8 cm³/mol. The summed E-state index contributed by atoms with van der Waals surface area (Å²) in [6.07, 6.45) is 0. The van der Waals surface area contributed by atoms with Gasteiger partial charge in [-0.25, -0.2) is 4.79 Å². The van der Waals surface area contributed by atoms with E-state index in [4.69, 9.17) is 14.0 Å². The van der Waals surface area contributed by atoms with Gasteiger partial charge in [-0.1, -0.05) is 11.2 Å². The molecule has 0 saturated heterocycles. The molecule has 1 heterocycles. The number of nitrogens with zero attached hydrogens (tertiary/aromatic N) is 1. The van der Waals surface area contributed by atoms with Crippen LogP contribution in [0.1, 0.15) is 27.4 Å². The number of phenolic OH excluding ortho intramolecular Hbond substituents is 1. The van der Waals surface area contributed by atoms with Crippen molar-refractivity contribution in [2.24, 2.45) is 0 Å². The number of aromatic hydroxyl groups is 1. The molecule has 2 rings (SSSR count). The number of rotatable bonds is 4. The largest absolute Gasteiger partial charge is 0.504 e. The van der Waals surface area contributed by atoms with Crippen LogP contribution in [0.25, 0.3) is 0 Å². The Labute approximate surface area is 115 Å². The standard InChI is InChI=1S/C14H15NO5/c1-8-11(9(2)20-15-8)7-19-14(17)10-5-4-6-12(18-3)13(10)16/h4-6,16H,7H2,1-3H3. The van der Waals surface area contributed by atoms with Gasteiger partial charge < -0.3 is 19.1 Å². The maximum atomic E-state index is 12.0. The predicted octanol–water partition coefficient (Wildman–Crippen LogP) is 2.36. The van der Waals surface area contributed by atoms with Gasteiger partial charge in [-0.15, -0.1) is 0 Å². The smallest absolute Gasteiger partial charge is 0.342 e. The zero-order chi connectivity index (χ0) is 14.7. The van der Waals surface area contributed by atoms with E-state index in [1.165, 1.54) is 13.2 Å². The molecule has 0 aliphatic heterocycles. The Kier molecular flexibility index (Phi) is 3.93. The summed E-state index contributed by atoms with van der Waals surface area (Å²) in [6, 6.07) is 4.62. The first-order valence-corrected chi connectivity index (χ1v) is 5.99. The van der Waals surface area contributed by atoms with Crippen LogP contribution >= 0.6 is 0 Å². The van der Waals surface area contributed by atoms with E-state index in [1.54, 1.807) is 26.0 Å². The number of esters is 1. The van der Waals surface area contributed by atoms with Gasteiger partial charge in [0.2, 0.25) is 0 Å². The van der Waals surface area contributed by atoms with Crippen molar-refractivity contribution in [2.75, 3.05) is 7.11 Å². The Balaban J connectivity index is 2.13. The summed E-state index contributed by atoms with van der Waals surface area (Å²) in [6.45, 7) is 3.55. The first-order valence-electron chi connectivity index (χ1n) is 5.99. The number of para-hydroxylation sites is 1. The van der Waals surface area contributed by atoms with Crippen LogP contribution in [0.15, 0.2) is 22.7 Å². The van der Waals surface area contributed by atoms with E-state index in [1.807, 2.05) is 0 Å². The fraction of sp³-hybridized carbons (Fsp3) is 0.286. The van der Waals surface area contributed by atoms with Crippen molar-refractivity contribution >= 4 is 5.97 Å². The molecule has 2 aromatic rings. The average molecular weight is 277 g/mol. The van der Waals surface area contributed by atoms with Crippen LogP contribution in [0, 0.1) is 13.8 Å². The Morgan fingerprint density at radius 1 is 1.40 bits per heavy atom. The summed E-state index contributed by atoms with van der Waals surface area (Å²) < 4.78 is 15.1. The average Bonchev–Trinajstić information content (AvgIpc) is 2.76. The second-order valence-corrected chi connectivity index (χ2v) is 4.24. The molecule has 0 bridgehead atoms. The third-order valence-corrected chi connectivity index (χ3v) is 2.97. The van der Waals surface area contributed by atoms with E-state index < -0.39 is 5.97 Å². The highest BCUT2D eigenvalue weighted by molar-refractivity contribution is 5.93. The van der Waals surface area contributed by atoms with Gasteiger partial charge in [0.15, 0.2) is 11.5 Å². The van der Waals surface area contributed by atoms with Gasteiger partial charge in [0.1, 0.15) is 17.9 Å².